The second kappa shape index (κ2) is 9.19. The summed E-state index contributed by atoms with van der Waals surface area (Å²) in [6.07, 6.45) is 3.74. The fraction of sp³-hybridized carbons (Fsp3) is 0.138. The van der Waals surface area contributed by atoms with Gasteiger partial charge < -0.3 is 14.8 Å². The van der Waals surface area contributed by atoms with Crippen LogP contribution in [0, 0.1) is 6.92 Å². The molecule has 0 saturated heterocycles. The Hall–Kier alpha value is -4.65. The standard InChI is InChI=1S/C29H25N3O4/c1-17-12-23(18(2)31-25-7-5-4-6-22(25)29(34)35)28-24(13-17)26(33)14-27(36-28)20-10-8-19(9-11-20)21-15-30-32(3)16-21/h4-16,18,31H,1-3H3,(H,34,35)/t18-/m0/s1. The molecule has 0 saturated carbocycles. The van der Waals surface area contributed by atoms with Gasteiger partial charge in [-0.15, -0.1) is 0 Å². The van der Waals surface area contributed by atoms with Crippen LogP contribution in [0.2, 0.25) is 0 Å². The van der Waals surface area contributed by atoms with E-state index in [1.165, 1.54) is 6.07 Å². The summed E-state index contributed by atoms with van der Waals surface area (Å²) in [6.45, 7) is 3.84. The molecule has 180 valence electrons. The summed E-state index contributed by atoms with van der Waals surface area (Å²) >= 11 is 0. The normalized spacial score (nSPS) is 12.0. The zero-order chi connectivity index (χ0) is 25.4. The first kappa shape index (κ1) is 23.1. The van der Waals surface area contributed by atoms with Crippen molar-refractivity contribution in [1.29, 1.82) is 0 Å². The predicted molar refractivity (Wildman–Crippen MR) is 140 cm³/mol. The van der Waals surface area contributed by atoms with Crippen molar-refractivity contribution in [3.63, 3.8) is 0 Å². The number of nitrogens with one attached hydrogen (secondary N) is 1. The Balaban J connectivity index is 1.56. The molecule has 36 heavy (non-hydrogen) atoms. The number of carboxylic acid groups (broad SMARTS) is 1. The van der Waals surface area contributed by atoms with E-state index in [-0.39, 0.29) is 17.0 Å². The number of para-hydroxylation sites is 1. The van der Waals surface area contributed by atoms with Crippen LogP contribution in [0.1, 0.15) is 34.5 Å². The molecule has 0 unspecified atom stereocenters. The summed E-state index contributed by atoms with van der Waals surface area (Å²) in [5, 5.41) is 17.5. The number of benzene rings is 3. The molecule has 2 heterocycles. The van der Waals surface area contributed by atoms with E-state index in [0.717, 1.165) is 27.8 Å². The monoisotopic (exact) mass is 479 g/mol. The first-order valence-corrected chi connectivity index (χ1v) is 11.6. The van der Waals surface area contributed by atoms with E-state index >= 15 is 0 Å². The van der Waals surface area contributed by atoms with Crippen molar-refractivity contribution in [1.82, 2.24) is 9.78 Å². The number of aromatic nitrogens is 2. The number of carboxylic acids is 1. The van der Waals surface area contributed by atoms with Gasteiger partial charge in [-0.2, -0.15) is 5.10 Å². The summed E-state index contributed by atoms with van der Waals surface area (Å²) in [5.41, 5.74) is 5.51. The minimum atomic E-state index is -1.01. The van der Waals surface area contributed by atoms with Gasteiger partial charge in [0, 0.05) is 41.7 Å². The van der Waals surface area contributed by atoms with Gasteiger partial charge in [0.25, 0.3) is 0 Å². The first-order valence-electron chi connectivity index (χ1n) is 11.6. The van der Waals surface area contributed by atoms with Crippen LogP contribution in [-0.2, 0) is 7.05 Å². The number of hydrogen-bond donors (Lipinski definition) is 2. The number of rotatable bonds is 6. The second-order valence-electron chi connectivity index (χ2n) is 8.90. The molecule has 0 bridgehead atoms. The molecule has 1 atom stereocenters. The van der Waals surface area contributed by atoms with Gasteiger partial charge in [0.2, 0.25) is 0 Å². The molecule has 0 fully saturated rings. The highest BCUT2D eigenvalue weighted by atomic mass is 16.4. The lowest BCUT2D eigenvalue weighted by Crippen LogP contribution is -2.12. The Morgan fingerprint density at radius 1 is 1.03 bits per heavy atom. The zero-order valence-electron chi connectivity index (χ0n) is 20.1. The van der Waals surface area contributed by atoms with Crippen LogP contribution in [0.25, 0.3) is 33.4 Å². The fourth-order valence-electron chi connectivity index (χ4n) is 4.40. The topological polar surface area (TPSA) is 97.4 Å². The third-order valence-electron chi connectivity index (χ3n) is 6.21. The van der Waals surface area contributed by atoms with E-state index in [9.17, 15) is 14.7 Å². The zero-order valence-corrected chi connectivity index (χ0v) is 20.1. The summed E-state index contributed by atoms with van der Waals surface area (Å²) < 4.78 is 8.08. The molecule has 0 aliphatic rings. The number of anilines is 1. The van der Waals surface area contributed by atoms with Gasteiger partial charge in [-0.05, 0) is 43.2 Å². The number of carbonyl (C=O) groups is 1. The molecule has 7 heteroatoms. The second-order valence-corrected chi connectivity index (χ2v) is 8.90. The van der Waals surface area contributed by atoms with Crippen LogP contribution in [0.5, 0.6) is 0 Å². The molecule has 2 aromatic heterocycles. The van der Waals surface area contributed by atoms with Gasteiger partial charge in [0.15, 0.2) is 5.43 Å². The molecule has 7 nitrogen and oxygen atoms in total. The lowest BCUT2D eigenvalue weighted by molar-refractivity contribution is 0.0698. The quantitative estimate of drug-likeness (QED) is 0.308. The number of aromatic carboxylic acids is 1. The Morgan fingerprint density at radius 3 is 2.44 bits per heavy atom. The van der Waals surface area contributed by atoms with Crippen molar-refractivity contribution in [2.24, 2.45) is 7.05 Å². The van der Waals surface area contributed by atoms with Gasteiger partial charge in [-0.25, -0.2) is 4.79 Å². The van der Waals surface area contributed by atoms with Crippen LogP contribution in [-0.4, -0.2) is 20.9 Å². The minimum absolute atomic E-state index is 0.134. The molecule has 0 amide bonds. The molecule has 2 N–H and O–H groups in total. The number of aryl methyl sites for hydroxylation is 2. The van der Waals surface area contributed by atoms with Gasteiger partial charge in [-0.3, -0.25) is 9.48 Å². The SMILES string of the molecule is Cc1cc([C@H](C)Nc2ccccc2C(=O)O)c2oc(-c3ccc(-c4cnn(C)c4)cc3)cc(=O)c2c1. The third kappa shape index (κ3) is 4.38. The Morgan fingerprint density at radius 2 is 1.75 bits per heavy atom. The van der Waals surface area contributed by atoms with E-state index in [1.54, 1.807) is 35.1 Å². The molecular formula is C29H25N3O4. The lowest BCUT2D eigenvalue weighted by atomic mass is 10.00. The average Bonchev–Trinajstić information content (AvgIpc) is 3.30. The van der Waals surface area contributed by atoms with Gasteiger partial charge in [-0.1, -0.05) is 42.5 Å². The maximum atomic E-state index is 13.1. The molecule has 5 rings (SSSR count). The van der Waals surface area contributed by atoms with E-state index in [4.69, 9.17) is 4.42 Å². The molecule has 3 aromatic carbocycles. The maximum Gasteiger partial charge on any atom is 0.337 e. The average molecular weight is 480 g/mol. The van der Waals surface area contributed by atoms with E-state index in [1.807, 2.05) is 63.5 Å². The summed E-state index contributed by atoms with van der Waals surface area (Å²) in [7, 11) is 1.87. The van der Waals surface area contributed by atoms with Gasteiger partial charge >= 0.3 is 5.97 Å². The lowest BCUT2D eigenvalue weighted by Gasteiger charge is -2.19. The molecule has 0 radical (unpaired) electrons. The maximum absolute atomic E-state index is 13.1. The number of fused-ring (bicyclic) bond motifs is 1. The number of hydrogen-bond acceptors (Lipinski definition) is 5. The van der Waals surface area contributed by atoms with Crippen LogP contribution in [0.15, 0.2) is 88.3 Å². The van der Waals surface area contributed by atoms with Crippen molar-refractivity contribution in [3.8, 4) is 22.5 Å². The van der Waals surface area contributed by atoms with Crippen LogP contribution in [0.4, 0.5) is 5.69 Å². The molecule has 5 aromatic rings. The van der Waals surface area contributed by atoms with E-state index < -0.39 is 5.97 Å². The molecule has 0 spiro atoms. The molecular weight excluding hydrogens is 454 g/mol. The van der Waals surface area contributed by atoms with Crippen molar-refractivity contribution in [3.05, 3.63) is 106 Å². The third-order valence-corrected chi connectivity index (χ3v) is 6.21. The van der Waals surface area contributed by atoms with Gasteiger partial charge in [0.05, 0.1) is 23.2 Å². The number of nitrogens with zero attached hydrogens (tertiary/aromatic N) is 2. The Labute approximate surface area is 207 Å². The highest BCUT2D eigenvalue weighted by Crippen LogP contribution is 2.32. The molecule has 0 aliphatic carbocycles. The van der Waals surface area contributed by atoms with Crippen LogP contribution in [0.3, 0.4) is 0 Å². The smallest absolute Gasteiger partial charge is 0.337 e. The van der Waals surface area contributed by atoms with Crippen LogP contribution < -0.4 is 10.7 Å². The summed E-state index contributed by atoms with van der Waals surface area (Å²) in [5.74, 6) is -0.545. The van der Waals surface area contributed by atoms with Crippen molar-refractivity contribution in [2.75, 3.05) is 5.32 Å². The van der Waals surface area contributed by atoms with Crippen molar-refractivity contribution in [2.45, 2.75) is 19.9 Å². The Bertz CT molecular complexity index is 1650. The van der Waals surface area contributed by atoms with E-state index in [0.29, 0.717) is 22.4 Å². The predicted octanol–water partition coefficient (Wildman–Crippen LogP) is 6.04. The molecule has 0 aliphatic heterocycles. The van der Waals surface area contributed by atoms with Crippen molar-refractivity contribution >= 4 is 22.6 Å². The minimum Gasteiger partial charge on any atom is -0.478 e. The van der Waals surface area contributed by atoms with Gasteiger partial charge in [0.1, 0.15) is 11.3 Å². The van der Waals surface area contributed by atoms with E-state index in [2.05, 4.69) is 10.4 Å². The van der Waals surface area contributed by atoms with Crippen LogP contribution >= 0.6 is 0 Å². The van der Waals surface area contributed by atoms with Crippen molar-refractivity contribution < 1.29 is 14.3 Å². The summed E-state index contributed by atoms with van der Waals surface area (Å²) in [6, 6.07) is 19.5. The largest absolute Gasteiger partial charge is 0.478 e. The highest BCUT2D eigenvalue weighted by Gasteiger charge is 2.18. The fourth-order valence-corrected chi connectivity index (χ4v) is 4.40. The highest BCUT2D eigenvalue weighted by molar-refractivity contribution is 5.94. The Kier molecular flexibility index (Phi) is 5.90. The summed E-state index contributed by atoms with van der Waals surface area (Å²) in [4.78, 5) is 24.8. The first-order chi connectivity index (χ1) is 17.3.